The van der Waals surface area contributed by atoms with Crippen molar-refractivity contribution in [2.45, 2.75) is 52.3 Å². The summed E-state index contributed by atoms with van der Waals surface area (Å²) in [5.74, 6) is -2.04. The average Bonchev–Trinajstić information content (AvgIpc) is 3.04. The third-order valence-corrected chi connectivity index (χ3v) is 5.59. The number of hydrogen-bond donors (Lipinski definition) is 1. The fourth-order valence-electron chi connectivity index (χ4n) is 4.19. The number of rotatable bonds is 5. The standard InChI is InChI=1S/C25H29NO6/c1-24(2,3)32-22(29)25(4,5)20(21(27)28)26(23(30)31-6)19-17-13-9-7-11-15(17)16-12-8-10-14-18(16)19/h7-14,19-20H,1-6H3,(H,27,28). The fraction of sp³-hybridized carbons (Fsp3) is 0.400. The molecule has 1 aliphatic carbocycles. The summed E-state index contributed by atoms with van der Waals surface area (Å²) in [5.41, 5.74) is 0.956. The minimum absolute atomic E-state index is 0.717. The van der Waals surface area contributed by atoms with Crippen molar-refractivity contribution in [1.82, 2.24) is 4.90 Å². The summed E-state index contributed by atoms with van der Waals surface area (Å²) in [6.45, 7) is 8.07. The Hall–Kier alpha value is -3.35. The molecule has 0 spiro atoms. The molecule has 2 aromatic rings. The van der Waals surface area contributed by atoms with Gasteiger partial charge in [-0.3, -0.25) is 9.69 Å². The van der Waals surface area contributed by atoms with Gasteiger partial charge in [0.25, 0.3) is 0 Å². The van der Waals surface area contributed by atoms with Gasteiger partial charge in [-0.1, -0.05) is 48.5 Å². The van der Waals surface area contributed by atoms with Gasteiger partial charge in [-0.2, -0.15) is 0 Å². The van der Waals surface area contributed by atoms with Crippen molar-refractivity contribution in [3.05, 3.63) is 59.7 Å². The lowest BCUT2D eigenvalue weighted by atomic mass is 9.81. The minimum atomic E-state index is -1.57. The highest BCUT2D eigenvalue weighted by Gasteiger charge is 2.53. The summed E-state index contributed by atoms with van der Waals surface area (Å²) < 4.78 is 10.6. The van der Waals surface area contributed by atoms with Crippen LogP contribution in [0.4, 0.5) is 4.79 Å². The van der Waals surface area contributed by atoms with Gasteiger partial charge in [0.1, 0.15) is 11.6 Å². The normalized spacial score (nSPS) is 14.2. The van der Waals surface area contributed by atoms with E-state index in [-0.39, 0.29) is 0 Å². The summed E-state index contributed by atoms with van der Waals surface area (Å²) >= 11 is 0. The van der Waals surface area contributed by atoms with Gasteiger partial charge in [-0.05, 0) is 56.9 Å². The number of fused-ring (bicyclic) bond motifs is 3. The smallest absolute Gasteiger partial charge is 0.411 e. The average molecular weight is 440 g/mol. The van der Waals surface area contributed by atoms with Crippen molar-refractivity contribution in [2.24, 2.45) is 5.41 Å². The molecule has 0 saturated heterocycles. The predicted molar refractivity (Wildman–Crippen MR) is 119 cm³/mol. The summed E-state index contributed by atoms with van der Waals surface area (Å²) in [4.78, 5) is 39.9. The number of hydrogen-bond acceptors (Lipinski definition) is 5. The number of amides is 1. The number of carbonyl (C=O) groups excluding carboxylic acids is 2. The van der Waals surface area contributed by atoms with Gasteiger partial charge in [-0.25, -0.2) is 9.59 Å². The number of esters is 1. The van der Waals surface area contributed by atoms with Crippen molar-refractivity contribution in [3.63, 3.8) is 0 Å². The molecule has 1 aliphatic rings. The largest absolute Gasteiger partial charge is 0.480 e. The molecule has 0 bridgehead atoms. The molecule has 7 nitrogen and oxygen atoms in total. The van der Waals surface area contributed by atoms with Crippen molar-refractivity contribution in [1.29, 1.82) is 0 Å². The van der Waals surface area contributed by atoms with Crippen molar-refractivity contribution < 1.29 is 29.0 Å². The van der Waals surface area contributed by atoms with E-state index in [1.165, 1.54) is 21.0 Å². The minimum Gasteiger partial charge on any atom is -0.480 e. The number of aliphatic carboxylic acids is 1. The molecule has 1 N–H and O–H groups in total. The van der Waals surface area contributed by atoms with Crippen molar-refractivity contribution in [2.75, 3.05) is 7.11 Å². The number of nitrogens with zero attached hydrogens (tertiary/aromatic N) is 1. The van der Waals surface area contributed by atoms with Gasteiger partial charge in [-0.15, -0.1) is 0 Å². The lowest BCUT2D eigenvalue weighted by molar-refractivity contribution is -0.175. The van der Waals surface area contributed by atoms with Gasteiger partial charge in [0.2, 0.25) is 0 Å². The predicted octanol–water partition coefficient (Wildman–Crippen LogP) is 4.65. The Balaban J connectivity index is 2.20. The van der Waals surface area contributed by atoms with Crippen LogP contribution in [0.25, 0.3) is 11.1 Å². The Kier molecular flexibility index (Phi) is 6.05. The van der Waals surface area contributed by atoms with Gasteiger partial charge in [0, 0.05) is 0 Å². The van der Waals surface area contributed by atoms with E-state index in [2.05, 4.69) is 0 Å². The first kappa shape index (κ1) is 23.3. The van der Waals surface area contributed by atoms with Crippen LogP contribution < -0.4 is 0 Å². The fourth-order valence-corrected chi connectivity index (χ4v) is 4.19. The molecular weight excluding hydrogens is 410 g/mol. The Bertz CT molecular complexity index is 1010. The monoisotopic (exact) mass is 439 g/mol. The Morgan fingerprint density at radius 3 is 1.78 bits per heavy atom. The summed E-state index contributed by atoms with van der Waals surface area (Å²) in [6.07, 6.45) is -0.842. The zero-order chi connectivity index (χ0) is 23.8. The van der Waals surface area contributed by atoms with Crippen LogP contribution in [0.5, 0.6) is 0 Å². The molecule has 170 valence electrons. The molecule has 3 rings (SSSR count). The van der Waals surface area contributed by atoms with Crippen LogP contribution in [-0.4, -0.2) is 46.8 Å². The van der Waals surface area contributed by atoms with Gasteiger partial charge < -0.3 is 14.6 Å². The molecule has 7 heteroatoms. The van der Waals surface area contributed by atoms with Gasteiger partial charge in [0.15, 0.2) is 0 Å². The summed E-state index contributed by atoms with van der Waals surface area (Å²) in [6, 6.07) is 12.7. The van der Waals surface area contributed by atoms with E-state index in [0.717, 1.165) is 27.2 Å². The first-order chi connectivity index (χ1) is 14.9. The maximum absolute atomic E-state index is 13.1. The number of methoxy groups -OCH3 is 1. The second-order valence-electron chi connectivity index (χ2n) is 9.42. The molecule has 0 heterocycles. The maximum atomic E-state index is 13.1. The maximum Gasteiger partial charge on any atom is 0.411 e. The van der Waals surface area contributed by atoms with E-state index >= 15 is 0 Å². The van der Waals surface area contributed by atoms with Gasteiger partial charge in [0.05, 0.1) is 18.6 Å². The van der Waals surface area contributed by atoms with Crippen molar-refractivity contribution >= 4 is 18.0 Å². The first-order valence-corrected chi connectivity index (χ1v) is 10.4. The molecular formula is C25H29NO6. The number of carbonyl (C=O) groups is 3. The highest BCUT2D eigenvalue weighted by molar-refractivity contribution is 5.91. The van der Waals surface area contributed by atoms with Crippen LogP contribution in [0.15, 0.2) is 48.5 Å². The molecule has 32 heavy (non-hydrogen) atoms. The number of ether oxygens (including phenoxy) is 2. The highest BCUT2D eigenvalue weighted by atomic mass is 16.6. The lowest BCUT2D eigenvalue weighted by Crippen LogP contribution is -2.57. The van der Waals surface area contributed by atoms with Crippen LogP contribution in [0.1, 0.15) is 51.8 Å². The zero-order valence-corrected chi connectivity index (χ0v) is 19.2. The summed E-state index contributed by atoms with van der Waals surface area (Å²) in [7, 11) is 1.20. The molecule has 0 radical (unpaired) electrons. The molecule has 0 saturated carbocycles. The number of carboxylic acids is 1. The Labute approximate surface area is 187 Å². The lowest BCUT2D eigenvalue weighted by Gasteiger charge is -2.41. The summed E-state index contributed by atoms with van der Waals surface area (Å²) in [5, 5.41) is 10.3. The second kappa shape index (κ2) is 8.30. The zero-order valence-electron chi connectivity index (χ0n) is 19.2. The Morgan fingerprint density at radius 1 is 0.906 bits per heavy atom. The van der Waals surface area contributed by atoms with Crippen LogP contribution in [-0.2, 0) is 19.1 Å². The van der Waals surface area contributed by atoms with E-state index in [1.807, 2.05) is 48.5 Å². The number of benzene rings is 2. The second-order valence-corrected chi connectivity index (χ2v) is 9.42. The highest BCUT2D eigenvalue weighted by Crippen LogP contribution is 2.48. The number of carboxylic acid groups (broad SMARTS) is 1. The SMILES string of the molecule is COC(=O)N(C1c2ccccc2-c2ccccc21)C(C(=O)O)C(C)(C)C(=O)OC(C)(C)C. The topological polar surface area (TPSA) is 93.1 Å². The van der Waals surface area contributed by atoms with Crippen molar-refractivity contribution in [3.8, 4) is 11.1 Å². The quantitative estimate of drug-likeness (QED) is 0.682. The van der Waals surface area contributed by atoms with Crippen LogP contribution in [0.2, 0.25) is 0 Å². The molecule has 2 aromatic carbocycles. The van der Waals surface area contributed by atoms with E-state index < -0.39 is 41.1 Å². The molecule has 1 unspecified atom stereocenters. The molecule has 0 aliphatic heterocycles. The van der Waals surface area contributed by atoms with E-state index in [1.54, 1.807) is 20.8 Å². The van der Waals surface area contributed by atoms with E-state index in [4.69, 9.17) is 9.47 Å². The van der Waals surface area contributed by atoms with Crippen LogP contribution >= 0.6 is 0 Å². The van der Waals surface area contributed by atoms with E-state index in [0.29, 0.717) is 0 Å². The Morgan fingerprint density at radius 2 is 1.38 bits per heavy atom. The first-order valence-electron chi connectivity index (χ1n) is 10.4. The molecule has 1 atom stereocenters. The third kappa shape index (κ3) is 4.07. The molecule has 1 amide bonds. The van der Waals surface area contributed by atoms with Crippen LogP contribution in [0.3, 0.4) is 0 Å². The molecule has 0 aromatic heterocycles. The third-order valence-electron chi connectivity index (χ3n) is 5.59. The van der Waals surface area contributed by atoms with Gasteiger partial charge >= 0.3 is 18.0 Å². The van der Waals surface area contributed by atoms with E-state index in [9.17, 15) is 19.5 Å². The molecule has 0 fully saturated rings. The van der Waals surface area contributed by atoms with Crippen LogP contribution in [0, 0.1) is 5.41 Å².